The van der Waals surface area contributed by atoms with Crippen molar-refractivity contribution in [3.63, 3.8) is 0 Å². The molecule has 0 amide bonds. The topological polar surface area (TPSA) is 44.0 Å². The van der Waals surface area contributed by atoms with Crippen molar-refractivity contribution >= 4 is 0 Å². The number of hydrogen-bond donors (Lipinski definition) is 1. The SMILES string of the molecule is CCCCC(O)(C#N)CC. The van der Waals surface area contributed by atoms with Gasteiger partial charge in [-0.05, 0) is 19.3 Å². The zero-order valence-corrected chi connectivity index (χ0v) is 6.72. The average Bonchev–Trinajstić information content (AvgIpc) is 2.00. The van der Waals surface area contributed by atoms with E-state index < -0.39 is 5.60 Å². The highest BCUT2D eigenvalue weighted by Crippen LogP contribution is 2.16. The Labute approximate surface area is 62.5 Å². The van der Waals surface area contributed by atoms with Crippen LogP contribution in [0.1, 0.15) is 39.5 Å². The van der Waals surface area contributed by atoms with Crippen LogP contribution in [0, 0.1) is 11.3 Å². The highest BCUT2D eigenvalue weighted by atomic mass is 16.3. The van der Waals surface area contributed by atoms with Crippen LogP contribution >= 0.6 is 0 Å². The predicted molar refractivity (Wildman–Crippen MR) is 40.4 cm³/mol. The molecule has 2 heteroatoms. The van der Waals surface area contributed by atoms with Crippen LogP contribution in [0.3, 0.4) is 0 Å². The number of aliphatic hydroxyl groups is 1. The molecule has 0 aromatic carbocycles. The summed E-state index contributed by atoms with van der Waals surface area (Å²) >= 11 is 0. The van der Waals surface area contributed by atoms with Crippen molar-refractivity contribution in [2.45, 2.75) is 45.1 Å². The van der Waals surface area contributed by atoms with Gasteiger partial charge >= 0.3 is 0 Å². The van der Waals surface area contributed by atoms with Gasteiger partial charge in [0, 0.05) is 0 Å². The van der Waals surface area contributed by atoms with Gasteiger partial charge < -0.3 is 5.11 Å². The molecule has 0 rings (SSSR count). The summed E-state index contributed by atoms with van der Waals surface area (Å²) in [5, 5.41) is 17.9. The molecule has 0 fully saturated rings. The zero-order valence-electron chi connectivity index (χ0n) is 6.72. The number of unbranched alkanes of at least 4 members (excludes halogenated alkanes) is 1. The van der Waals surface area contributed by atoms with Crippen LogP contribution in [0.4, 0.5) is 0 Å². The van der Waals surface area contributed by atoms with Crippen LogP contribution in [0.2, 0.25) is 0 Å². The second kappa shape index (κ2) is 4.29. The molecule has 0 saturated carbocycles. The molecule has 0 radical (unpaired) electrons. The maximum absolute atomic E-state index is 9.40. The lowest BCUT2D eigenvalue weighted by Crippen LogP contribution is -2.24. The summed E-state index contributed by atoms with van der Waals surface area (Å²) in [7, 11) is 0. The summed E-state index contributed by atoms with van der Waals surface area (Å²) in [5.41, 5.74) is -1.06. The lowest BCUT2D eigenvalue weighted by molar-refractivity contribution is 0.0828. The van der Waals surface area contributed by atoms with E-state index in [0.29, 0.717) is 12.8 Å². The quantitative estimate of drug-likeness (QED) is 0.607. The fourth-order valence-corrected chi connectivity index (χ4v) is 0.781. The molecule has 2 nitrogen and oxygen atoms in total. The maximum atomic E-state index is 9.40. The van der Waals surface area contributed by atoms with E-state index in [2.05, 4.69) is 0 Å². The van der Waals surface area contributed by atoms with Crippen LogP contribution in [-0.2, 0) is 0 Å². The summed E-state index contributed by atoms with van der Waals surface area (Å²) < 4.78 is 0. The number of nitrogens with zero attached hydrogens (tertiary/aromatic N) is 1. The summed E-state index contributed by atoms with van der Waals surface area (Å²) in [6.07, 6.45) is 3.10. The van der Waals surface area contributed by atoms with Gasteiger partial charge in [0.25, 0.3) is 0 Å². The van der Waals surface area contributed by atoms with Crippen molar-refractivity contribution < 1.29 is 5.11 Å². The predicted octanol–water partition coefficient (Wildman–Crippen LogP) is 1.84. The standard InChI is InChI=1S/C8H15NO/c1-3-5-6-8(10,4-2)7-9/h10H,3-6H2,1-2H3. The van der Waals surface area contributed by atoms with Gasteiger partial charge in [-0.25, -0.2) is 0 Å². The van der Waals surface area contributed by atoms with Crippen LogP contribution in [0.5, 0.6) is 0 Å². The molecule has 1 N–H and O–H groups in total. The van der Waals surface area contributed by atoms with Crippen LogP contribution in [0.15, 0.2) is 0 Å². The molecular weight excluding hydrogens is 126 g/mol. The molecule has 0 aromatic rings. The number of hydrogen-bond acceptors (Lipinski definition) is 2. The van der Waals surface area contributed by atoms with Gasteiger partial charge in [-0.15, -0.1) is 0 Å². The van der Waals surface area contributed by atoms with Crippen LogP contribution in [0.25, 0.3) is 0 Å². The lowest BCUT2D eigenvalue weighted by Gasteiger charge is -2.16. The Kier molecular flexibility index (Phi) is 4.06. The third-order valence-corrected chi connectivity index (χ3v) is 1.74. The second-order valence-corrected chi connectivity index (χ2v) is 2.60. The molecule has 0 saturated heterocycles. The number of rotatable bonds is 4. The molecule has 1 atom stereocenters. The summed E-state index contributed by atoms with van der Waals surface area (Å²) in [4.78, 5) is 0. The molecule has 0 aliphatic carbocycles. The molecule has 1 unspecified atom stereocenters. The van der Waals surface area contributed by atoms with E-state index in [1.807, 2.05) is 19.9 Å². The van der Waals surface area contributed by atoms with E-state index in [4.69, 9.17) is 5.26 Å². The Hall–Kier alpha value is -0.550. The first-order valence-electron chi connectivity index (χ1n) is 3.82. The van der Waals surface area contributed by atoms with Crippen LogP contribution in [-0.4, -0.2) is 10.7 Å². The summed E-state index contributed by atoms with van der Waals surface area (Å²) in [5.74, 6) is 0. The van der Waals surface area contributed by atoms with Crippen molar-refractivity contribution in [1.82, 2.24) is 0 Å². The third kappa shape index (κ3) is 2.84. The highest BCUT2D eigenvalue weighted by Gasteiger charge is 2.22. The van der Waals surface area contributed by atoms with Gasteiger partial charge in [0.15, 0.2) is 5.60 Å². The van der Waals surface area contributed by atoms with Gasteiger partial charge in [0.1, 0.15) is 0 Å². The normalized spacial score (nSPS) is 15.8. The van der Waals surface area contributed by atoms with Gasteiger partial charge in [-0.3, -0.25) is 0 Å². The van der Waals surface area contributed by atoms with E-state index >= 15 is 0 Å². The molecule has 0 heterocycles. The minimum absolute atomic E-state index is 0.531. The second-order valence-electron chi connectivity index (χ2n) is 2.60. The van der Waals surface area contributed by atoms with E-state index in [1.165, 1.54) is 0 Å². The molecule has 0 aliphatic rings. The summed E-state index contributed by atoms with van der Waals surface area (Å²) in [6, 6.07) is 1.92. The van der Waals surface area contributed by atoms with Crippen molar-refractivity contribution in [3.05, 3.63) is 0 Å². The zero-order chi connectivity index (χ0) is 8.04. The first-order valence-corrected chi connectivity index (χ1v) is 3.82. The molecular formula is C8H15NO. The van der Waals surface area contributed by atoms with Crippen molar-refractivity contribution in [1.29, 1.82) is 5.26 Å². The number of nitriles is 1. The Morgan fingerprint density at radius 3 is 2.40 bits per heavy atom. The Morgan fingerprint density at radius 2 is 2.10 bits per heavy atom. The maximum Gasteiger partial charge on any atom is 0.150 e. The van der Waals surface area contributed by atoms with Crippen LogP contribution < -0.4 is 0 Å². The monoisotopic (exact) mass is 141 g/mol. The first kappa shape index (κ1) is 9.45. The molecule has 0 bridgehead atoms. The largest absolute Gasteiger partial charge is 0.375 e. The Bertz CT molecular complexity index is 128. The smallest absolute Gasteiger partial charge is 0.150 e. The van der Waals surface area contributed by atoms with E-state index in [-0.39, 0.29) is 0 Å². The van der Waals surface area contributed by atoms with Gasteiger partial charge in [0.2, 0.25) is 0 Å². The minimum Gasteiger partial charge on any atom is -0.375 e. The fraction of sp³-hybridized carbons (Fsp3) is 0.875. The molecule has 0 aromatic heterocycles. The Balaban J connectivity index is 3.72. The van der Waals surface area contributed by atoms with E-state index in [9.17, 15) is 5.11 Å². The minimum atomic E-state index is -1.06. The average molecular weight is 141 g/mol. The van der Waals surface area contributed by atoms with Crippen molar-refractivity contribution in [2.75, 3.05) is 0 Å². The highest BCUT2D eigenvalue weighted by molar-refractivity contribution is 4.98. The van der Waals surface area contributed by atoms with Crippen molar-refractivity contribution in [2.24, 2.45) is 0 Å². The first-order chi connectivity index (χ1) is 4.68. The van der Waals surface area contributed by atoms with Gasteiger partial charge in [-0.1, -0.05) is 20.3 Å². The Morgan fingerprint density at radius 1 is 1.50 bits per heavy atom. The molecule has 0 spiro atoms. The van der Waals surface area contributed by atoms with E-state index in [0.717, 1.165) is 12.8 Å². The fourth-order valence-electron chi connectivity index (χ4n) is 0.781. The third-order valence-electron chi connectivity index (χ3n) is 1.74. The van der Waals surface area contributed by atoms with Gasteiger partial charge in [0.05, 0.1) is 6.07 Å². The summed E-state index contributed by atoms with van der Waals surface area (Å²) in [6.45, 7) is 3.88. The molecule has 10 heavy (non-hydrogen) atoms. The van der Waals surface area contributed by atoms with E-state index in [1.54, 1.807) is 0 Å². The van der Waals surface area contributed by atoms with Crippen molar-refractivity contribution in [3.8, 4) is 6.07 Å². The molecule has 0 aliphatic heterocycles. The molecule has 58 valence electrons. The lowest BCUT2D eigenvalue weighted by atomic mass is 9.96. The van der Waals surface area contributed by atoms with Gasteiger partial charge in [-0.2, -0.15) is 5.26 Å².